The highest BCUT2D eigenvalue weighted by molar-refractivity contribution is 5.89. The molecule has 0 radical (unpaired) electrons. The number of urea groups is 1. The van der Waals surface area contributed by atoms with E-state index in [1.807, 2.05) is 0 Å². The molecule has 2 atom stereocenters. The number of carbonyl (C=O) groups excluding carboxylic acids is 2. The van der Waals surface area contributed by atoms with Crippen LogP contribution < -0.4 is 10.6 Å². The number of hydrogen-bond acceptors (Lipinski definition) is 4. The first-order valence-corrected chi connectivity index (χ1v) is 11.5. The number of carbonyl (C=O) groups is 2. The summed E-state index contributed by atoms with van der Waals surface area (Å²) in [5.41, 5.74) is 0.575. The van der Waals surface area contributed by atoms with Crippen LogP contribution in [0, 0.1) is 11.7 Å². The van der Waals surface area contributed by atoms with Crippen molar-refractivity contribution in [3.63, 3.8) is 0 Å². The zero-order valence-corrected chi connectivity index (χ0v) is 18.0. The van der Waals surface area contributed by atoms with Crippen LogP contribution in [0.15, 0.2) is 24.3 Å². The molecule has 0 bridgehead atoms. The summed E-state index contributed by atoms with van der Waals surface area (Å²) in [6.45, 7) is 3.85. The van der Waals surface area contributed by atoms with E-state index in [-0.39, 0.29) is 29.9 Å². The molecule has 3 fully saturated rings. The lowest BCUT2D eigenvalue weighted by Crippen LogP contribution is -2.58. The number of anilines is 1. The van der Waals surface area contributed by atoms with Gasteiger partial charge in [0.1, 0.15) is 5.82 Å². The maximum absolute atomic E-state index is 13.1. The molecule has 2 unspecified atom stereocenters. The summed E-state index contributed by atoms with van der Waals surface area (Å²) in [5, 5.41) is 5.96. The van der Waals surface area contributed by atoms with Crippen LogP contribution in [-0.2, 0) is 9.53 Å². The molecule has 8 heteroatoms. The number of amides is 3. The van der Waals surface area contributed by atoms with Crippen molar-refractivity contribution in [1.29, 1.82) is 0 Å². The predicted octanol–water partition coefficient (Wildman–Crippen LogP) is 2.83. The Morgan fingerprint density at radius 3 is 2.39 bits per heavy atom. The zero-order valence-electron chi connectivity index (χ0n) is 18.0. The molecule has 31 heavy (non-hydrogen) atoms. The molecule has 2 aliphatic heterocycles. The summed E-state index contributed by atoms with van der Waals surface area (Å²) in [5.74, 6) is 0.151. The quantitative estimate of drug-likeness (QED) is 0.725. The van der Waals surface area contributed by atoms with E-state index in [0.717, 1.165) is 32.3 Å². The average molecular weight is 433 g/mol. The van der Waals surface area contributed by atoms with Crippen LogP contribution in [0.1, 0.15) is 38.5 Å². The van der Waals surface area contributed by atoms with Gasteiger partial charge in [-0.1, -0.05) is 12.8 Å². The summed E-state index contributed by atoms with van der Waals surface area (Å²) in [6.07, 6.45) is 6.75. The van der Waals surface area contributed by atoms with Gasteiger partial charge in [0.15, 0.2) is 0 Å². The third kappa shape index (κ3) is 5.74. The molecular formula is C23H33FN4O3. The van der Waals surface area contributed by atoms with Gasteiger partial charge in [-0.15, -0.1) is 0 Å². The van der Waals surface area contributed by atoms with Crippen molar-refractivity contribution in [2.75, 3.05) is 44.6 Å². The van der Waals surface area contributed by atoms with Crippen molar-refractivity contribution in [2.45, 2.75) is 50.7 Å². The Labute approximate surface area is 183 Å². The Balaban J connectivity index is 1.31. The van der Waals surface area contributed by atoms with Gasteiger partial charge in [0.25, 0.3) is 0 Å². The molecule has 0 aromatic heterocycles. The van der Waals surface area contributed by atoms with Gasteiger partial charge >= 0.3 is 6.03 Å². The van der Waals surface area contributed by atoms with Crippen LogP contribution in [0.4, 0.5) is 14.9 Å². The van der Waals surface area contributed by atoms with E-state index in [1.54, 1.807) is 17.0 Å². The van der Waals surface area contributed by atoms with Gasteiger partial charge in [-0.05, 0) is 55.9 Å². The molecule has 2 saturated heterocycles. The number of benzene rings is 1. The molecule has 170 valence electrons. The maximum atomic E-state index is 13.1. The topological polar surface area (TPSA) is 73.9 Å². The van der Waals surface area contributed by atoms with Crippen LogP contribution >= 0.6 is 0 Å². The maximum Gasteiger partial charge on any atom is 0.321 e. The van der Waals surface area contributed by atoms with E-state index in [4.69, 9.17) is 4.74 Å². The lowest BCUT2D eigenvalue weighted by atomic mass is 9.95. The molecule has 1 aromatic rings. The third-order valence-corrected chi connectivity index (χ3v) is 6.73. The monoisotopic (exact) mass is 432 g/mol. The Hall–Kier alpha value is -2.19. The van der Waals surface area contributed by atoms with Gasteiger partial charge in [0, 0.05) is 45.0 Å². The SMILES string of the molecule is O=C(NCC1CCCO1)C(C1CCCC1)N1CCN(C(=O)Nc2ccc(F)cc2)CC1. The second-order valence-electron chi connectivity index (χ2n) is 8.83. The Morgan fingerprint density at radius 2 is 1.74 bits per heavy atom. The molecule has 2 heterocycles. The number of nitrogens with one attached hydrogen (secondary N) is 2. The third-order valence-electron chi connectivity index (χ3n) is 6.73. The number of piperazine rings is 1. The van der Waals surface area contributed by atoms with E-state index < -0.39 is 0 Å². The summed E-state index contributed by atoms with van der Waals surface area (Å²) in [6, 6.07) is 5.44. The largest absolute Gasteiger partial charge is 0.376 e. The summed E-state index contributed by atoms with van der Waals surface area (Å²) < 4.78 is 18.7. The van der Waals surface area contributed by atoms with E-state index in [2.05, 4.69) is 15.5 Å². The molecule has 1 saturated carbocycles. The van der Waals surface area contributed by atoms with Gasteiger partial charge in [-0.25, -0.2) is 9.18 Å². The molecule has 2 N–H and O–H groups in total. The summed E-state index contributed by atoms with van der Waals surface area (Å²) in [7, 11) is 0. The fourth-order valence-corrected chi connectivity index (χ4v) is 5.01. The van der Waals surface area contributed by atoms with Crippen molar-refractivity contribution < 1.29 is 18.7 Å². The highest BCUT2D eigenvalue weighted by Gasteiger charge is 2.37. The smallest absolute Gasteiger partial charge is 0.321 e. The minimum Gasteiger partial charge on any atom is -0.376 e. The Morgan fingerprint density at radius 1 is 1.03 bits per heavy atom. The summed E-state index contributed by atoms with van der Waals surface area (Å²) in [4.78, 5) is 29.7. The predicted molar refractivity (Wildman–Crippen MR) is 116 cm³/mol. The van der Waals surface area contributed by atoms with Crippen LogP contribution in [0.2, 0.25) is 0 Å². The fourth-order valence-electron chi connectivity index (χ4n) is 5.01. The molecule has 1 aromatic carbocycles. The first-order valence-electron chi connectivity index (χ1n) is 11.5. The van der Waals surface area contributed by atoms with Gasteiger partial charge in [-0.2, -0.15) is 0 Å². The van der Waals surface area contributed by atoms with Crippen molar-refractivity contribution in [3.05, 3.63) is 30.1 Å². The van der Waals surface area contributed by atoms with Gasteiger partial charge < -0.3 is 20.3 Å². The fraction of sp³-hybridized carbons (Fsp3) is 0.652. The average Bonchev–Trinajstić information content (AvgIpc) is 3.49. The second-order valence-corrected chi connectivity index (χ2v) is 8.83. The molecule has 7 nitrogen and oxygen atoms in total. The first-order chi connectivity index (χ1) is 15.1. The van der Waals surface area contributed by atoms with E-state index in [9.17, 15) is 14.0 Å². The van der Waals surface area contributed by atoms with Crippen LogP contribution in [-0.4, -0.2) is 73.2 Å². The first kappa shape index (κ1) is 22.0. The molecule has 1 aliphatic carbocycles. The highest BCUT2D eigenvalue weighted by Crippen LogP contribution is 2.31. The normalized spacial score (nSPS) is 23.6. The van der Waals surface area contributed by atoms with Crippen LogP contribution in [0.25, 0.3) is 0 Å². The Kier molecular flexibility index (Phi) is 7.40. The standard InChI is InChI=1S/C23H33FN4O3/c24-18-7-9-19(10-8-18)26-23(30)28-13-11-27(12-14-28)21(17-4-1-2-5-17)22(29)25-16-20-6-3-15-31-20/h7-10,17,20-21H,1-6,11-16H2,(H,25,29)(H,26,30). The van der Waals surface area contributed by atoms with Gasteiger partial charge in [0.2, 0.25) is 5.91 Å². The van der Waals surface area contributed by atoms with Crippen LogP contribution in [0.5, 0.6) is 0 Å². The van der Waals surface area contributed by atoms with Crippen molar-refractivity contribution >= 4 is 17.6 Å². The minimum atomic E-state index is -0.331. The molecular weight excluding hydrogens is 399 g/mol. The number of halogens is 1. The van der Waals surface area contributed by atoms with Crippen molar-refractivity contribution in [3.8, 4) is 0 Å². The van der Waals surface area contributed by atoms with Crippen LogP contribution in [0.3, 0.4) is 0 Å². The van der Waals surface area contributed by atoms with Gasteiger partial charge in [0.05, 0.1) is 12.1 Å². The Bertz CT molecular complexity index is 740. The van der Waals surface area contributed by atoms with Crippen molar-refractivity contribution in [1.82, 2.24) is 15.1 Å². The number of ether oxygens (including phenoxy) is 1. The number of nitrogens with zero attached hydrogens (tertiary/aromatic N) is 2. The lowest BCUT2D eigenvalue weighted by Gasteiger charge is -2.40. The zero-order chi connectivity index (χ0) is 21.6. The summed E-state index contributed by atoms with van der Waals surface area (Å²) >= 11 is 0. The number of hydrogen-bond donors (Lipinski definition) is 2. The van der Waals surface area contributed by atoms with Crippen molar-refractivity contribution in [2.24, 2.45) is 5.92 Å². The van der Waals surface area contributed by atoms with Gasteiger partial charge in [-0.3, -0.25) is 9.69 Å². The van der Waals surface area contributed by atoms with E-state index >= 15 is 0 Å². The lowest BCUT2D eigenvalue weighted by molar-refractivity contribution is -0.129. The minimum absolute atomic E-state index is 0.103. The van der Waals surface area contributed by atoms with E-state index in [0.29, 0.717) is 44.3 Å². The molecule has 0 spiro atoms. The molecule has 4 rings (SSSR count). The second kappa shape index (κ2) is 10.4. The number of rotatable bonds is 6. The molecule has 3 aliphatic rings. The van der Waals surface area contributed by atoms with E-state index in [1.165, 1.54) is 25.0 Å². The highest BCUT2D eigenvalue weighted by atomic mass is 19.1. The molecule has 3 amide bonds.